The quantitative estimate of drug-likeness (QED) is 0.574. The fourth-order valence-electron chi connectivity index (χ4n) is 2.42. The van der Waals surface area contributed by atoms with Gasteiger partial charge in [-0.3, -0.25) is 0 Å². The molecule has 0 spiro atoms. The maximum atomic E-state index is 11.4. The number of fused-ring (bicyclic) bond motifs is 1. The van der Waals surface area contributed by atoms with Gasteiger partial charge in [0.25, 0.3) is 0 Å². The molecule has 1 aliphatic rings. The highest BCUT2D eigenvalue weighted by Gasteiger charge is 2.28. The third kappa shape index (κ3) is 3.09. The van der Waals surface area contributed by atoms with Crippen LogP contribution in [0.25, 0.3) is 10.9 Å². The first-order chi connectivity index (χ1) is 10.4. The molecule has 3 N–H and O–H groups in total. The zero-order chi connectivity index (χ0) is 15.7. The minimum absolute atomic E-state index is 0.0565. The van der Waals surface area contributed by atoms with Crippen LogP contribution in [0.1, 0.15) is 6.42 Å². The van der Waals surface area contributed by atoms with Crippen LogP contribution in [0.5, 0.6) is 5.88 Å². The van der Waals surface area contributed by atoms with E-state index < -0.39 is 9.84 Å². The molecule has 1 unspecified atom stereocenters. The second-order valence-electron chi connectivity index (χ2n) is 5.12. The second kappa shape index (κ2) is 5.65. The highest BCUT2D eigenvalue weighted by Crippen LogP contribution is 2.35. The molecular formula is C13H14N4O3S2. The van der Waals surface area contributed by atoms with Gasteiger partial charge in [-0.05, 0) is 24.7 Å². The van der Waals surface area contributed by atoms with Crippen LogP contribution in [0.15, 0.2) is 34.5 Å². The molecule has 0 bridgehead atoms. The Kier molecular flexibility index (Phi) is 3.83. The lowest BCUT2D eigenvalue weighted by atomic mass is 10.2. The molecule has 2 aromatic rings. The number of sulfone groups is 1. The van der Waals surface area contributed by atoms with Crippen molar-refractivity contribution in [3.05, 3.63) is 24.3 Å². The summed E-state index contributed by atoms with van der Waals surface area (Å²) in [6.07, 6.45) is 0.510. The number of aromatic hydroxyl groups is 1. The van der Waals surface area contributed by atoms with Gasteiger partial charge in [0.15, 0.2) is 15.5 Å². The summed E-state index contributed by atoms with van der Waals surface area (Å²) in [5, 5.41) is 21.4. The molecule has 116 valence electrons. The van der Waals surface area contributed by atoms with E-state index in [1.54, 1.807) is 6.07 Å². The number of hydrogen-bond acceptors (Lipinski definition) is 5. The average molecular weight is 338 g/mol. The normalized spacial score (nSPS) is 20.6. The van der Waals surface area contributed by atoms with Gasteiger partial charge < -0.3 is 15.4 Å². The Morgan fingerprint density at radius 2 is 2.18 bits per heavy atom. The van der Waals surface area contributed by atoms with E-state index in [0.717, 1.165) is 10.9 Å². The van der Waals surface area contributed by atoms with Crippen LogP contribution >= 0.6 is 12.2 Å². The van der Waals surface area contributed by atoms with Crippen LogP contribution in [0.2, 0.25) is 0 Å². The predicted molar refractivity (Wildman–Crippen MR) is 87.3 cm³/mol. The van der Waals surface area contributed by atoms with Gasteiger partial charge in [0.05, 0.1) is 17.0 Å². The Morgan fingerprint density at radius 1 is 1.41 bits per heavy atom. The number of nitrogens with zero attached hydrogens (tertiary/aromatic N) is 2. The molecule has 1 fully saturated rings. The van der Waals surface area contributed by atoms with E-state index in [9.17, 15) is 13.5 Å². The summed E-state index contributed by atoms with van der Waals surface area (Å²) < 4.78 is 22.8. The van der Waals surface area contributed by atoms with Crippen LogP contribution in [0.4, 0.5) is 5.69 Å². The molecule has 2 heterocycles. The number of para-hydroxylation sites is 1. The minimum Gasteiger partial charge on any atom is -0.493 e. The monoisotopic (exact) mass is 338 g/mol. The number of rotatable bonds is 2. The van der Waals surface area contributed by atoms with Crippen molar-refractivity contribution in [2.24, 2.45) is 10.2 Å². The van der Waals surface area contributed by atoms with E-state index in [1.165, 1.54) is 0 Å². The first kappa shape index (κ1) is 14.9. The summed E-state index contributed by atoms with van der Waals surface area (Å²) in [6, 6.07) is 7.06. The molecule has 0 radical (unpaired) electrons. The van der Waals surface area contributed by atoms with Crippen molar-refractivity contribution in [1.82, 2.24) is 10.3 Å². The topological polar surface area (TPSA) is 107 Å². The van der Waals surface area contributed by atoms with Gasteiger partial charge in [0.1, 0.15) is 0 Å². The summed E-state index contributed by atoms with van der Waals surface area (Å²) in [5.41, 5.74) is 1.05. The minimum atomic E-state index is -2.97. The molecule has 1 saturated heterocycles. The summed E-state index contributed by atoms with van der Waals surface area (Å²) in [7, 11) is -2.97. The molecule has 22 heavy (non-hydrogen) atoms. The van der Waals surface area contributed by atoms with Gasteiger partial charge in [0.2, 0.25) is 11.0 Å². The lowest BCUT2D eigenvalue weighted by Crippen LogP contribution is -2.33. The van der Waals surface area contributed by atoms with Gasteiger partial charge in [-0.1, -0.05) is 18.2 Å². The third-order valence-electron chi connectivity index (χ3n) is 3.46. The zero-order valence-corrected chi connectivity index (χ0v) is 13.1. The first-order valence-corrected chi connectivity index (χ1v) is 8.90. The molecule has 7 nitrogen and oxygen atoms in total. The average Bonchev–Trinajstić information content (AvgIpc) is 2.95. The Labute approximate surface area is 132 Å². The maximum absolute atomic E-state index is 11.4. The number of benzene rings is 1. The van der Waals surface area contributed by atoms with Crippen molar-refractivity contribution in [3.8, 4) is 5.88 Å². The van der Waals surface area contributed by atoms with Crippen molar-refractivity contribution < 1.29 is 13.5 Å². The summed E-state index contributed by atoms with van der Waals surface area (Å²) in [4.78, 5) is 2.79. The second-order valence-corrected chi connectivity index (χ2v) is 7.73. The standard InChI is InChI=1S/C13H14N4O3S2/c18-12-11(9-3-1-2-4-10(9)15-12)16-17-13(21)14-8-5-6-22(19,20)7-8/h1-4,8,15,18H,5-7H2,(H,14,21). The van der Waals surface area contributed by atoms with Gasteiger partial charge >= 0.3 is 0 Å². The van der Waals surface area contributed by atoms with Gasteiger partial charge in [-0.25, -0.2) is 8.42 Å². The van der Waals surface area contributed by atoms with Gasteiger partial charge in [-0.2, -0.15) is 0 Å². The molecular weight excluding hydrogens is 324 g/mol. The molecule has 1 aromatic carbocycles. The number of azo groups is 1. The lowest BCUT2D eigenvalue weighted by molar-refractivity contribution is 0.459. The van der Waals surface area contributed by atoms with E-state index in [-0.39, 0.29) is 28.5 Å². The van der Waals surface area contributed by atoms with E-state index in [0.29, 0.717) is 12.1 Å². The zero-order valence-electron chi connectivity index (χ0n) is 11.5. The summed E-state index contributed by atoms with van der Waals surface area (Å²) in [6.45, 7) is 0. The Hall–Kier alpha value is -2.00. The first-order valence-electron chi connectivity index (χ1n) is 6.67. The van der Waals surface area contributed by atoms with Crippen molar-refractivity contribution in [1.29, 1.82) is 0 Å². The molecule has 0 aliphatic carbocycles. The van der Waals surface area contributed by atoms with E-state index >= 15 is 0 Å². The maximum Gasteiger partial charge on any atom is 0.218 e. The molecule has 9 heteroatoms. The van der Waals surface area contributed by atoms with Crippen LogP contribution in [-0.2, 0) is 9.84 Å². The van der Waals surface area contributed by atoms with E-state index in [1.807, 2.05) is 18.2 Å². The van der Waals surface area contributed by atoms with Crippen LogP contribution in [0.3, 0.4) is 0 Å². The number of aromatic amines is 1. The van der Waals surface area contributed by atoms with Crippen LogP contribution in [0, 0.1) is 0 Å². The van der Waals surface area contributed by atoms with Gasteiger partial charge in [-0.15, -0.1) is 10.2 Å². The number of hydrogen-bond donors (Lipinski definition) is 3. The van der Waals surface area contributed by atoms with Crippen molar-refractivity contribution in [2.75, 3.05) is 11.5 Å². The molecule has 0 saturated carbocycles. The summed E-state index contributed by atoms with van der Waals surface area (Å²) in [5.74, 6) is 0.130. The smallest absolute Gasteiger partial charge is 0.218 e. The molecule has 3 rings (SSSR count). The van der Waals surface area contributed by atoms with Crippen molar-refractivity contribution in [3.63, 3.8) is 0 Å². The predicted octanol–water partition coefficient (Wildman–Crippen LogP) is 2.02. The highest BCUT2D eigenvalue weighted by molar-refractivity contribution is 7.91. The molecule has 1 atom stereocenters. The van der Waals surface area contributed by atoms with Gasteiger partial charge in [0, 0.05) is 11.4 Å². The fourth-order valence-corrected chi connectivity index (χ4v) is 4.30. The highest BCUT2D eigenvalue weighted by atomic mass is 32.2. The third-order valence-corrected chi connectivity index (χ3v) is 5.43. The summed E-state index contributed by atoms with van der Waals surface area (Å²) >= 11 is 5.05. The van der Waals surface area contributed by atoms with Crippen LogP contribution in [-0.4, -0.2) is 41.2 Å². The van der Waals surface area contributed by atoms with Crippen LogP contribution < -0.4 is 5.32 Å². The number of aromatic nitrogens is 1. The molecule has 1 aliphatic heterocycles. The van der Waals surface area contributed by atoms with E-state index in [2.05, 4.69) is 20.5 Å². The largest absolute Gasteiger partial charge is 0.493 e. The SMILES string of the molecule is O=S1(=O)CCC(NC(=S)N=Nc2c(O)[nH]c3ccccc23)C1. The number of H-pyrrole nitrogens is 1. The molecule has 1 aromatic heterocycles. The van der Waals surface area contributed by atoms with Crippen molar-refractivity contribution in [2.45, 2.75) is 12.5 Å². The number of nitrogens with one attached hydrogen (secondary N) is 2. The lowest BCUT2D eigenvalue weighted by Gasteiger charge is -2.08. The molecule has 0 amide bonds. The Balaban J connectivity index is 1.73. The Bertz CT molecular complexity index is 857. The Morgan fingerprint density at radius 3 is 2.91 bits per heavy atom. The number of thiocarbonyl (C=S) groups is 1. The van der Waals surface area contributed by atoms with E-state index in [4.69, 9.17) is 12.2 Å². The van der Waals surface area contributed by atoms with Crippen molar-refractivity contribution >= 4 is 43.8 Å². The fraction of sp³-hybridized carbons (Fsp3) is 0.308.